The van der Waals surface area contributed by atoms with Gasteiger partial charge >= 0.3 is 11.9 Å². The molecule has 0 saturated carbocycles. The van der Waals surface area contributed by atoms with Gasteiger partial charge in [-0.2, -0.15) is 0 Å². The number of esters is 2. The molecule has 0 atom stereocenters. The average Bonchev–Trinajstić information content (AvgIpc) is 2.46. The van der Waals surface area contributed by atoms with Crippen molar-refractivity contribution in [3.05, 3.63) is 23.3 Å². The third-order valence-corrected chi connectivity index (χ3v) is 2.82. The van der Waals surface area contributed by atoms with Crippen molar-refractivity contribution in [2.24, 2.45) is 5.41 Å². The van der Waals surface area contributed by atoms with Crippen molar-refractivity contribution in [2.45, 2.75) is 26.7 Å². The summed E-state index contributed by atoms with van der Waals surface area (Å²) in [5.74, 6) is -1.00. The molecule has 0 radical (unpaired) electrons. The highest BCUT2D eigenvalue weighted by atomic mass is 16.5. The summed E-state index contributed by atoms with van der Waals surface area (Å²) in [5, 5.41) is 0. The summed E-state index contributed by atoms with van der Waals surface area (Å²) in [5.41, 5.74) is 0.615. The third kappa shape index (κ3) is 3.19. The van der Waals surface area contributed by atoms with Gasteiger partial charge in [0.15, 0.2) is 0 Å². The van der Waals surface area contributed by atoms with Crippen molar-refractivity contribution in [2.75, 3.05) is 14.2 Å². The molecule has 0 fully saturated rings. The lowest BCUT2D eigenvalue weighted by Gasteiger charge is -2.19. The maximum Gasteiger partial charge on any atom is 0.338 e. The topological polar surface area (TPSA) is 52.6 Å². The summed E-state index contributed by atoms with van der Waals surface area (Å²) in [6, 6.07) is 0. The lowest BCUT2D eigenvalue weighted by atomic mass is 9.86. The Hall–Kier alpha value is -1.58. The second kappa shape index (κ2) is 5.17. The van der Waals surface area contributed by atoms with Gasteiger partial charge in [-0.05, 0) is 18.3 Å². The van der Waals surface area contributed by atoms with Gasteiger partial charge in [0.1, 0.15) is 0 Å². The monoisotopic (exact) mass is 238 g/mol. The van der Waals surface area contributed by atoms with Crippen molar-refractivity contribution in [3.8, 4) is 0 Å². The van der Waals surface area contributed by atoms with E-state index in [1.807, 2.05) is 0 Å². The quantitative estimate of drug-likeness (QED) is 0.690. The normalized spacial score (nSPS) is 18.6. The fourth-order valence-corrected chi connectivity index (χ4v) is 1.67. The molecule has 94 valence electrons. The van der Waals surface area contributed by atoms with Gasteiger partial charge < -0.3 is 9.47 Å². The Labute approximate surface area is 101 Å². The van der Waals surface area contributed by atoms with Crippen molar-refractivity contribution >= 4 is 11.9 Å². The molecule has 4 nitrogen and oxygen atoms in total. The Morgan fingerprint density at radius 3 is 1.65 bits per heavy atom. The minimum atomic E-state index is -0.501. The molecule has 4 heteroatoms. The summed E-state index contributed by atoms with van der Waals surface area (Å²) in [4.78, 5) is 23.2. The Kier molecular flexibility index (Phi) is 4.10. The highest BCUT2D eigenvalue weighted by Gasteiger charge is 2.27. The molecule has 0 aliphatic heterocycles. The summed E-state index contributed by atoms with van der Waals surface area (Å²) in [7, 11) is 2.60. The average molecular weight is 238 g/mol. The molecular formula is C13H18O4. The van der Waals surface area contributed by atoms with E-state index < -0.39 is 11.9 Å². The molecule has 0 aromatic carbocycles. The largest absolute Gasteiger partial charge is 0.465 e. The number of ether oxygens (including phenoxy) is 2. The van der Waals surface area contributed by atoms with Gasteiger partial charge in [0.05, 0.1) is 25.4 Å². The third-order valence-electron chi connectivity index (χ3n) is 2.82. The number of hydrogen-bond donors (Lipinski definition) is 0. The predicted molar refractivity (Wildman–Crippen MR) is 63.2 cm³/mol. The minimum Gasteiger partial charge on any atom is -0.465 e. The zero-order valence-corrected chi connectivity index (χ0v) is 10.7. The molecule has 0 aromatic rings. The fraction of sp³-hybridized carbons (Fsp3) is 0.538. The van der Waals surface area contributed by atoms with Crippen LogP contribution in [0.25, 0.3) is 0 Å². The van der Waals surface area contributed by atoms with Crippen LogP contribution < -0.4 is 0 Å². The fourth-order valence-electron chi connectivity index (χ4n) is 1.67. The summed E-state index contributed by atoms with van der Waals surface area (Å²) >= 11 is 0. The molecule has 0 amide bonds. The first-order valence-electron chi connectivity index (χ1n) is 5.48. The number of carbonyl (C=O) groups excluding carboxylic acids is 2. The number of methoxy groups -OCH3 is 2. The highest BCUT2D eigenvalue weighted by Crippen LogP contribution is 2.32. The van der Waals surface area contributed by atoms with Crippen LogP contribution >= 0.6 is 0 Å². The van der Waals surface area contributed by atoms with Gasteiger partial charge in [-0.1, -0.05) is 26.0 Å². The number of rotatable bonds is 2. The molecule has 0 N–H and O–H groups in total. The number of hydrogen-bond acceptors (Lipinski definition) is 4. The maximum absolute atomic E-state index is 11.6. The van der Waals surface area contributed by atoms with Crippen LogP contribution in [0.3, 0.4) is 0 Å². The van der Waals surface area contributed by atoms with E-state index in [0.717, 1.165) is 0 Å². The summed E-state index contributed by atoms with van der Waals surface area (Å²) in [6.45, 7) is 4.16. The molecule has 1 aliphatic rings. The SMILES string of the molecule is COC(=O)C1=CCC(C)(C)CC=C1C(=O)OC. The van der Waals surface area contributed by atoms with Crippen LogP contribution in [0.15, 0.2) is 23.3 Å². The van der Waals surface area contributed by atoms with Crippen LogP contribution in [0, 0.1) is 5.41 Å². The summed E-state index contributed by atoms with van der Waals surface area (Å²) < 4.78 is 9.36. The number of allylic oxidation sites excluding steroid dienone is 2. The highest BCUT2D eigenvalue weighted by molar-refractivity contribution is 6.07. The second-order valence-corrected chi connectivity index (χ2v) is 4.79. The van der Waals surface area contributed by atoms with Crippen LogP contribution in [0.1, 0.15) is 26.7 Å². The van der Waals surface area contributed by atoms with Gasteiger partial charge in [0, 0.05) is 0 Å². The van der Waals surface area contributed by atoms with Crippen LogP contribution in [0.4, 0.5) is 0 Å². The van der Waals surface area contributed by atoms with Gasteiger partial charge in [-0.15, -0.1) is 0 Å². The first-order chi connectivity index (χ1) is 7.91. The molecule has 0 aromatic heterocycles. The van der Waals surface area contributed by atoms with E-state index in [2.05, 4.69) is 23.3 Å². The maximum atomic E-state index is 11.6. The van der Waals surface area contributed by atoms with E-state index in [4.69, 9.17) is 0 Å². The molecule has 1 rings (SSSR count). The van der Waals surface area contributed by atoms with Crippen molar-refractivity contribution < 1.29 is 19.1 Å². The standard InChI is InChI=1S/C13H18O4/c1-13(2)7-5-9(11(14)16-3)10(6-8-13)12(15)17-4/h5-6H,7-8H2,1-4H3. The van der Waals surface area contributed by atoms with Gasteiger partial charge in [-0.25, -0.2) is 9.59 Å². The van der Waals surface area contributed by atoms with Gasteiger partial charge in [-0.3, -0.25) is 0 Å². The van der Waals surface area contributed by atoms with Crippen molar-refractivity contribution in [3.63, 3.8) is 0 Å². The molecule has 0 bridgehead atoms. The molecule has 0 spiro atoms. The van der Waals surface area contributed by atoms with Crippen LogP contribution in [0.2, 0.25) is 0 Å². The van der Waals surface area contributed by atoms with Crippen molar-refractivity contribution in [1.82, 2.24) is 0 Å². The Morgan fingerprint density at radius 1 is 1.00 bits per heavy atom. The van der Waals surface area contributed by atoms with Crippen molar-refractivity contribution in [1.29, 1.82) is 0 Å². The zero-order chi connectivity index (χ0) is 13.1. The first-order valence-corrected chi connectivity index (χ1v) is 5.48. The second-order valence-electron chi connectivity index (χ2n) is 4.79. The molecule has 0 saturated heterocycles. The molecule has 17 heavy (non-hydrogen) atoms. The Balaban J connectivity index is 3.15. The van der Waals surface area contributed by atoms with E-state index in [0.29, 0.717) is 24.0 Å². The van der Waals surface area contributed by atoms with Gasteiger partial charge in [0.2, 0.25) is 0 Å². The van der Waals surface area contributed by atoms with E-state index in [-0.39, 0.29) is 5.41 Å². The van der Waals surface area contributed by atoms with Gasteiger partial charge in [0.25, 0.3) is 0 Å². The van der Waals surface area contributed by atoms with Crippen LogP contribution in [-0.2, 0) is 19.1 Å². The summed E-state index contributed by atoms with van der Waals surface area (Å²) in [6.07, 6.45) is 4.94. The molecule has 0 unspecified atom stereocenters. The molecule has 1 aliphatic carbocycles. The zero-order valence-electron chi connectivity index (χ0n) is 10.7. The number of carbonyl (C=O) groups is 2. The Morgan fingerprint density at radius 2 is 1.35 bits per heavy atom. The van der Waals surface area contributed by atoms with E-state index >= 15 is 0 Å². The van der Waals surface area contributed by atoms with Crippen LogP contribution in [-0.4, -0.2) is 26.2 Å². The smallest absolute Gasteiger partial charge is 0.338 e. The molecule has 0 heterocycles. The van der Waals surface area contributed by atoms with E-state index in [1.165, 1.54) is 14.2 Å². The molecular weight excluding hydrogens is 220 g/mol. The van der Waals surface area contributed by atoms with E-state index in [1.54, 1.807) is 12.2 Å². The lowest BCUT2D eigenvalue weighted by Crippen LogP contribution is -2.14. The Bertz CT molecular complexity index is 352. The first kappa shape index (κ1) is 13.5. The van der Waals surface area contributed by atoms with E-state index in [9.17, 15) is 9.59 Å². The lowest BCUT2D eigenvalue weighted by molar-refractivity contribution is -0.139. The van der Waals surface area contributed by atoms with Crippen LogP contribution in [0.5, 0.6) is 0 Å². The minimum absolute atomic E-state index is 0.0229. The predicted octanol–water partition coefficient (Wildman–Crippen LogP) is 2.01.